The number of aryl methyl sites for hydroxylation is 1. The van der Waals surface area contributed by atoms with Crippen molar-refractivity contribution in [3.05, 3.63) is 54.1 Å². The van der Waals surface area contributed by atoms with Crippen LogP contribution in [0, 0.1) is 0 Å². The number of nitrogens with one attached hydrogen (secondary N) is 1. The third kappa shape index (κ3) is 2.21. The molecule has 1 unspecified atom stereocenters. The first kappa shape index (κ1) is 12.9. The number of nitrogens with two attached hydrogens (primary N) is 1. The lowest BCUT2D eigenvalue weighted by Crippen LogP contribution is -2.29. The molecule has 3 N–H and O–H groups in total. The van der Waals surface area contributed by atoms with Gasteiger partial charge in [-0.3, -0.25) is 16.0 Å². The molecule has 104 valence electrons. The number of aromatic nitrogens is 2. The lowest BCUT2D eigenvalue weighted by molar-refractivity contribution is 0.519. The first-order valence-electron chi connectivity index (χ1n) is 6.76. The molecular weight excluding hydrogens is 252 g/mol. The molecule has 2 heterocycles. The standard InChI is InChI=1S/C15H18N4O/c1-2-19-15-6-4-3-5-12(15)14(18-19)9-13(17-16)11-7-8-20-10-11/h3-8,10,13,17H,2,9,16H2,1H3. The normalized spacial score (nSPS) is 12.9. The van der Waals surface area contributed by atoms with Gasteiger partial charge in [-0.2, -0.15) is 5.10 Å². The molecule has 0 amide bonds. The van der Waals surface area contributed by atoms with Gasteiger partial charge >= 0.3 is 0 Å². The van der Waals surface area contributed by atoms with Crippen molar-refractivity contribution in [1.82, 2.24) is 15.2 Å². The van der Waals surface area contributed by atoms with E-state index in [1.807, 2.05) is 22.9 Å². The van der Waals surface area contributed by atoms with Crippen molar-refractivity contribution in [2.24, 2.45) is 5.84 Å². The third-order valence-corrected chi connectivity index (χ3v) is 3.58. The van der Waals surface area contributed by atoms with Gasteiger partial charge in [0.25, 0.3) is 0 Å². The van der Waals surface area contributed by atoms with Gasteiger partial charge in [0.2, 0.25) is 0 Å². The molecule has 2 aromatic heterocycles. The maximum Gasteiger partial charge on any atom is 0.0951 e. The molecule has 3 rings (SSSR count). The number of hydrogen-bond acceptors (Lipinski definition) is 4. The average molecular weight is 270 g/mol. The van der Waals surface area contributed by atoms with Gasteiger partial charge in [0.05, 0.1) is 29.8 Å². The minimum absolute atomic E-state index is 0.00244. The second kappa shape index (κ2) is 5.48. The Morgan fingerprint density at radius 2 is 2.20 bits per heavy atom. The molecule has 0 bridgehead atoms. The number of para-hydroxylation sites is 1. The molecule has 0 aliphatic heterocycles. The zero-order valence-electron chi connectivity index (χ0n) is 11.4. The SMILES string of the molecule is CCn1nc(CC(NN)c2ccoc2)c2ccccc21. The van der Waals surface area contributed by atoms with E-state index in [0.717, 1.165) is 29.7 Å². The van der Waals surface area contributed by atoms with Gasteiger partial charge in [0, 0.05) is 23.9 Å². The number of furan rings is 1. The Labute approximate surface area is 117 Å². The molecule has 3 aromatic rings. The summed E-state index contributed by atoms with van der Waals surface area (Å²) in [4.78, 5) is 0. The highest BCUT2D eigenvalue weighted by Gasteiger charge is 2.16. The zero-order valence-corrected chi connectivity index (χ0v) is 11.4. The van der Waals surface area contributed by atoms with Gasteiger partial charge in [-0.25, -0.2) is 0 Å². The van der Waals surface area contributed by atoms with Crippen LogP contribution in [0.5, 0.6) is 0 Å². The van der Waals surface area contributed by atoms with Crippen LogP contribution in [0.1, 0.15) is 24.2 Å². The fourth-order valence-electron chi connectivity index (χ4n) is 2.53. The molecule has 0 fully saturated rings. The second-order valence-corrected chi connectivity index (χ2v) is 4.76. The highest BCUT2D eigenvalue weighted by molar-refractivity contribution is 5.82. The van der Waals surface area contributed by atoms with Gasteiger partial charge in [0.15, 0.2) is 0 Å². The molecule has 0 aliphatic carbocycles. The lowest BCUT2D eigenvalue weighted by Gasteiger charge is -2.12. The predicted octanol–water partition coefficient (Wildman–Crippen LogP) is 2.40. The van der Waals surface area contributed by atoms with Crippen molar-refractivity contribution in [3.8, 4) is 0 Å². The van der Waals surface area contributed by atoms with Crippen LogP contribution in [0.3, 0.4) is 0 Å². The van der Waals surface area contributed by atoms with Crippen molar-refractivity contribution in [2.75, 3.05) is 0 Å². The van der Waals surface area contributed by atoms with Crippen LogP contribution >= 0.6 is 0 Å². The molecule has 0 saturated heterocycles. The monoisotopic (exact) mass is 270 g/mol. The third-order valence-electron chi connectivity index (χ3n) is 3.58. The van der Waals surface area contributed by atoms with E-state index >= 15 is 0 Å². The fraction of sp³-hybridized carbons (Fsp3) is 0.267. The highest BCUT2D eigenvalue weighted by atomic mass is 16.3. The van der Waals surface area contributed by atoms with E-state index in [1.165, 1.54) is 5.39 Å². The van der Waals surface area contributed by atoms with E-state index in [9.17, 15) is 0 Å². The topological polar surface area (TPSA) is 69.0 Å². The summed E-state index contributed by atoms with van der Waals surface area (Å²) in [5.74, 6) is 5.67. The Morgan fingerprint density at radius 1 is 1.35 bits per heavy atom. The Morgan fingerprint density at radius 3 is 2.90 bits per heavy atom. The summed E-state index contributed by atoms with van der Waals surface area (Å²) < 4.78 is 7.15. The highest BCUT2D eigenvalue weighted by Crippen LogP contribution is 2.24. The number of nitrogens with zero attached hydrogens (tertiary/aromatic N) is 2. The van der Waals surface area contributed by atoms with Crippen LogP contribution in [0.2, 0.25) is 0 Å². The minimum Gasteiger partial charge on any atom is -0.472 e. The Hall–Kier alpha value is -2.11. The maximum absolute atomic E-state index is 5.67. The van der Waals surface area contributed by atoms with Crippen molar-refractivity contribution >= 4 is 10.9 Å². The number of hydrogen-bond donors (Lipinski definition) is 2. The fourth-order valence-corrected chi connectivity index (χ4v) is 2.53. The summed E-state index contributed by atoms with van der Waals surface area (Å²) in [6, 6.07) is 10.2. The van der Waals surface area contributed by atoms with E-state index < -0.39 is 0 Å². The molecule has 0 radical (unpaired) electrons. The summed E-state index contributed by atoms with van der Waals surface area (Å²) in [5, 5.41) is 5.87. The van der Waals surface area contributed by atoms with Gasteiger partial charge in [0.1, 0.15) is 0 Å². The van der Waals surface area contributed by atoms with Crippen molar-refractivity contribution in [3.63, 3.8) is 0 Å². The average Bonchev–Trinajstić information content (AvgIpc) is 3.13. The Bertz CT molecular complexity index is 687. The number of benzene rings is 1. The zero-order chi connectivity index (χ0) is 13.9. The van der Waals surface area contributed by atoms with E-state index in [2.05, 4.69) is 24.5 Å². The summed E-state index contributed by atoms with van der Waals surface area (Å²) in [5.41, 5.74) is 6.07. The first-order chi connectivity index (χ1) is 9.83. The number of hydrazine groups is 1. The van der Waals surface area contributed by atoms with Crippen LogP contribution in [-0.4, -0.2) is 9.78 Å². The van der Waals surface area contributed by atoms with Crippen LogP contribution < -0.4 is 11.3 Å². The molecule has 0 saturated carbocycles. The van der Waals surface area contributed by atoms with Crippen molar-refractivity contribution in [2.45, 2.75) is 25.9 Å². The van der Waals surface area contributed by atoms with Crippen LogP contribution in [0.25, 0.3) is 10.9 Å². The van der Waals surface area contributed by atoms with E-state index in [4.69, 9.17) is 15.4 Å². The van der Waals surface area contributed by atoms with E-state index in [0.29, 0.717) is 0 Å². The molecule has 1 aromatic carbocycles. The summed E-state index contributed by atoms with van der Waals surface area (Å²) in [6.07, 6.45) is 4.09. The van der Waals surface area contributed by atoms with Crippen LogP contribution in [0.15, 0.2) is 47.3 Å². The lowest BCUT2D eigenvalue weighted by atomic mass is 10.0. The van der Waals surface area contributed by atoms with Crippen molar-refractivity contribution in [1.29, 1.82) is 0 Å². The summed E-state index contributed by atoms with van der Waals surface area (Å²) in [7, 11) is 0. The predicted molar refractivity (Wildman–Crippen MR) is 77.9 cm³/mol. The minimum atomic E-state index is -0.00244. The van der Waals surface area contributed by atoms with E-state index in [1.54, 1.807) is 12.5 Å². The molecule has 5 nitrogen and oxygen atoms in total. The quantitative estimate of drug-likeness (QED) is 0.552. The first-order valence-corrected chi connectivity index (χ1v) is 6.76. The van der Waals surface area contributed by atoms with Crippen LogP contribution in [0.4, 0.5) is 0 Å². The summed E-state index contributed by atoms with van der Waals surface area (Å²) >= 11 is 0. The molecule has 20 heavy (non-hydrogen) atoms. The van der Waals surface area contributed by atoms with Crippen LogP contribution in [-0.2, 0) is 13.0 Å². The number of rotatable bonds is 5. The smallest absolute Gasteiger partial charge is 0.0951 e. The van der Waals surface area contributed by atoms with E-state index in [-0.39, 0.29) is 6.04 Å². The maximum atomic E-state index is 5.67. The second-order valence-electron chi connectivity index (χ2n) is 4.76. The van der Waals surface area contributed by atoms with Crippen molar-refractivity contribution < 1.29 is 4.42 Å². The molecular formula is C15H18N4O. The Balaban J connectivity index is 1.98. The van der Waals surface area contributed by atoms with Gasteiger partial charge in [-0.05, 0) is 19.1 Å². The molecule has 0 spiro atoms. The van der Waals surface area contributed by atoms with Gasteiger partial charge < -0.3 is 4.42 Å². The Kier molecular flexibility index (Phi) is 3.54. The number of fused-ring (bicyclic) bond motifs is 1. The largest absolute Gasteiger partial charge is 0.472 e. The molecule has 5 heteroatoms. The molecule has 0 aliphatic rings. The summed E-state index contributed by atoms with van der Waals surface area (Å²) in [6.45, 7) is 2.95. The van der Waals surface area contributed by atoms with Gasteiger partial charge in [-0.15, -0.1) is 0 Å². The van der Waals surface area contributed by atoms with Gasteiger partial charge in [-0.1, -0.05) is 18.2 Å². The molecule has 1 atom stereocenters.